The molecular weight excluding hydrogens is 400 g/mol. The van der Waals surface area contributed by atoms with E-state index >= 15 is 0 Å². The number of nitrogens with zero attached hydrogens (tertiary/aromatic N) is 2. The van der Waals surface area contributed by atoms with E-state index < -0.39 is 0 Å². The maximum Gasteiger partial charge on any atom is 0.239 e. The first-order chi connectivity index (χ1) is 15.6. The van der Waals surface area contributed by atoms with Crippen LogP contribution in [0.2, 0.25) is 0 Å². The Kier molecular flexibility index (Phi) is 4.67. The van der Waals surface area contributed by atoms with Crippen molar-refractivity contribution in [2.45, 2.75) is 62.7 Å². The number of aromatic amines is 1. The number of amides is 2. The standard InChI is InChI=1S/C26H32N4O2/c1-26-11-10-18-17-5-3-2-4-16(17)6-7-19(18)24(26)20(21-14-28-29-25(21)26)8-9-23(32)30-13-12-27-22(31)15-30/h2-5,14,18-20,24H,6-13,15H2,1H3,(H,27,31)(H,28,29)/t18?,19?,20-,24?,26+/m1/s1. The first-order valence-corrected chi connectivity index (χ1v) is 12.2. The van der Waals surface area contributed by atoms with Crippen LogP contribution in [-0.4, -0.2) is 46.5 Å². The quantitative estimate of drug-likeness (QED) is 0.782. The van der Waals surface area contributed by atoms with Crippen molar-refractivity contribution in [2.75, 3.05) is 19.6 Å². The lowest BCUT2D eigenvalue weighted by molar-refractivity contribution is -0.138. The van der Waals surface area contributed by atoms with Crippen LogP contribution in [0.15, 0.2) is 30.5 Å². The molecule has 6 nitrogen and oxygen atoms in total. The molecule has 3 aliphatic carbocycles. The molecule has 32 heavy (non-hydrogen) atoms. The Morgan fingerprint density at radius 3 is 3.00 bits per heavy atom. The lowest BCUT2D eigenvalue weighted by atomic mass is 9.53. The molecule has 2 amide bonds. The van der Waals surface area contributed by atoms with Crippen LogP contribution in [0.3, 0.4) is 0 Å². The molecule has 1 aromatic heterocycles. The average Bonchev–Trinajstić information content (AvgIpc) is 3.38. The zero-order valence-corrected chi connectivity index (χ0v) is 18.8. The fraction of sp³-hybridized carbons (Fsp3) is 0.577. The van der Waals surface area contributed by atoms with Gasteiger partial charge in [0.25, 0.3) is 0 Å². The van der Waals surface area contributed by atoms with Crippen LogP contribution in [0, 0.1) is 11.8 Å². The lowest BCUT2D eigenvalue weighted by Crippen LogP contribution is -2.50. The number of nitrogens with one attached hydrogen (secondary N) is 2. The normalized spacial score (nSPS) is 33.0. The highest BCUT2D eigenvalue weighted by atomic mass is 16.2. The number of piperazine rings is 1. The molecule has 2 N–H and O–H groups in total. The third kappa shape index (κ3) is 2.95. The van der Waals surface area contributed by atoms with Crippen LogP contribution in [0.4, 0.5) is 0 Å². The first kappa shape index (κ1) is 20.0. The van der Waals surface area contributed by atoms with Crippen LogP contribution < -0.4 is 5.32 Å². The van der Waals surface area contributed by atoms with Crippen LogP contribution in [-0.2, 0) is 21.4 Å². The first-order valence-electron chi connectivity index (χ1n) is 12.2. The zero-order valence-electron chi connectivity index (χ0n) is 18.8. The van der Waals surface area contributed by atoms with Crippen molar-refractivity contribution in [3.63, 3.8) is 0 Å². The topological polar surface area (TPSA) is 78.1 Å². The molecule has 6 heteroatoms. The fourth-order valence-corrected chi connectivity index (χ4v) is 7.65. The maximum absolute atomic E-state index is 13.0. The number of carbonyl (C=O) groups excluding carboxylic acids is 2. The fourth-order valence-electron chi connectivity index (χ4n) is 7.65. The summed E-state index contributed by atoms with van der Waals surface area (Å²) in [5, 5.41) is 10.7. The van der Waals surface area contributed by atoms with Crippen LogP contribution in [0.25, 0.3) is 0 Å². The Balaban J connectivity index is 1.28. The molecule has 1 saturated heterocycles. The second-order valence-corrected chi connectivity index (χ2v) is 10.5. The number of H-pyrrole nitrogens is 1. The van der Waals surface area contributed by atoms with E-state index in [0.29, 0.717) is 43.2 Å². The molecule has 0 bridgehead atoms. The van der Waals surface area contributed by atoms with Gasteiger partial charge in [-0.15, -0.1) is 0 Å². The summed E-state index contributed by atoms with van der Waals surface area (Å²) in [5.74, 6) is 2.20. The molecule has 2 aromatic rings. The second kappa shape index (κ2) is 7.46. The van der Waals surface area contributed by atoms with E-state index in [1.54, 1.807) is 10.5 Å². The third-order valence-corrected chi connectivity index (χ3v) is 8.99. The summed E-state index contributed by atoms with van der Waals surface area (Å²) >= 11 is 0. The van der Waals surface area contributed by atoms with Gasteiger partial charge >= 0.3 is 0 Å². The Morgan fingerprint density at radius 1 is 1.25 bits per heavy atom. The summed E-state index contributed by atoms with van der Waals surface area (Å²) in [6.07, 6.45) is 8.19. The minimum absolute atomic E-state index is 0.0499. The molecule has 1 saturated carbocycles. The van der Waals surface area contributed by atoms with Gasteiger partial charge in [0.2, 0.25) is 11.8 Å². The number of fused-ring (bicyclic) bond motifs is 7. The molecular formula is C26H32N4O2. The number of hydrogen-bond acceptors (Lipinski definition) is 3. The lowest BCUT2D eigenvalue weighted by Gasteiger charge is -2.50. The van der Waals surface area contributed by atoms with E-state index in [4.69, 9.17) is 5.10 Å². The van der Waals surface area contributed by atoms with E-state index in [2.05, 4.69) is 47.8 Å². The Morgan fingerprint density at radius 2 is 2.12 bits per heavy atom. The van der Waals surface area contributed by atoms with Crippen LogP contribution >= 0.6 is 0 Å². The zero-order chi connectivity index (χ0) is 21.9. The van der Waals surface area contributed by atoms with Gasteiger partial charge in [0.1, 0.15) is 0 Å². The second-order valence-electron chi connectivity index (χ2n) is 10.5. The van der Waals surface area contributed by atoms with Crippen molar-refractivity contribution in [3.05, 3.63) is 52.8 Å². The minimum atomic E-state index is -0.0499. The van der Waals surface area contributed by atoms with Crippen molar-refractivity contribution in [1.29, 1.82) is 0 Å². The van der Waals surface area contributed by atoms with E-state index in [9.17, 15) is 9.59 Å². The van der Waals surface area contributed by atoms with Gasteiger partial charge < -0.3 is 10.2 Å². The highest BCUT2D eigenvalue weighted by molar-refractivity contribution is 5.85. The Hall–Kier alpha value is -2.63. The van der Waals surface area contributed by atoms with Gasteiger partial charge in [0, 0.05) is 31.1 Å². The van der Waals surface area contributed by atoms with Crippen LogP contribution in [0.1, 0.15) is 73.2 Å². The summed E-state index contributed by atoms with van der Waals surface area (Å²) < 4.78 is 0. The molecule has 0 radical (unpaired) electrons. The monoisotopic (exact) mass is 432 g/mol. The maximum atomic E-state index is 13.0. The van der Waals surface area contributed by atoms with Gasteiger partial charge in [-0.25, -0.2) is 0 Å². The predicted molar refractivity (Wildman–Crippen MR) is 121 cm³/mol. The number of aromatic nitrogens is 2. The van der Waals surface area contributed by atoms with E-state index in [1.807, 2.05) is 0 Å². The summed E-state index contributed by atoms with van der Waals surface area (Å²) in [6.45, 7) is 3.80. The number of benzene rings is 1. The number of carbonyl (C=O) groups is 2. The van der Waals surface area contributed by atoms with Crippen molar-refractivity contribution in [3.8, 4) is 0 Å². The van der Waals surface area contributed by atoms with Gasteiger partial charge in [-0.3, -0.25) is 14.7 Å². The molecule has 2 fully saturated rings. The molecule has 168 valence electrons. The molecule has 4 aliphatic rings. The van der Waals surface area contributed by atoms with E-state index in [-0.39, 0.29) is 23.8 Å². The predicted octanol–water partition coefficient (Wildman–Crippen LogP) is 3.26. The molecule has 3 unspecified atom stereocenters. The highest BCUT2D eigenvalue weighted by Gasteiger charge is 2.58. The number of rotatable bonds is 3. The van der Waals surface area contributed by atoms with E-state index in [0.717, 1.165) is 19.3 Å². The van der Waals surface area contributed by atoms with Crippen molar-refractivity contribution in [1.82, 2.24) is 20.4 Å². The van der Waals surface area contributed by atoms with Crippen molar-refractivity contribution in [2.24, 2.45) is 11.8 Å². The summed E-state index contributed by atoms with van der Waals surface area (Å²) in [6, 6.07) is 9.03. The molecule has 2 heterocycles. The van der Waals surface area contributed by atoms with Gasteiger partial charge in [0.15, 0.2) is 0 Å². The molecule has 1 aliphatic heterocycles. The van der Waals surface area contributed by atoms with Gasteiger partial charge in [-0.05, 0) is 72.5 Å². The average molecular weight is 433 g/mol. The third-order valence-electron chi connectivity index (χ3n) is 8.99. The minimum Gasteiger partial charge on any atom is -0.353 e. The molecule has 0 spiro atoms. The Bertz CT molecular complexity index is 1060. The summed E-state index contributed by atoms with van der Waals surface area (Å²) in [5.41, 5.74) is 5.76. The van der Waals surface area contributed by atoms with Gasteiger partial charge in [-0.1, -0.05) is 31.2 Å². The van der Waals surface area contributed by atoms with Gasteiger partial charge in [-0.2, -0.15) is 5.10 Å². The molecule has 6 rings (SSSR count). The van der Waals surface area contributed by atoms with E-state index in [1.165, 1.54) is 29.7 Å². The van der Waals surface area contributed by atoms with Crippen molar-refractivity contribution >= 4 is 11.8 Å². The summed E-state index contributed by atoms with van der Waals surface area (Å²) in [4.78, 5) is 26.4. The number of aryl methyl sites for hydroxylation is 1. The molecule has 1 aromatic carbocycles. The largest absolute Gasteiger partial charge is 0.353 e. The Labute approximate surface area is 189 Å². The smallest absolute Gasteiger partial charge is 0.239 e. The molecule has 5 atom stereocenters. The van der Waals surface area contributed by atoms with Gasteiger partial charge in [0.05, 0.1) is 12.2 Å². The van der Waals surface area contributed by atoms with Crippen molar-refractivity contribution < 1.29 is 9.59 Å². The number of hydrogen-bond donors (Lipinski definition) is 2. The SMILES string of the molecule is C[C@]12CCC3c4ccccc4CCC3C1[C@H](CCC(=O)N1CCNC(=O)C1)c1c[nH]nc12. The highest BCUT2D eigenvalue weighted by Crippen LogP contribution is 2.64. The van der Waals surface area contributed by atoms with Crippen LogP contribution in [0.5, 0.6) is 0 Å². The summed E-state index contributed by atoms with van der Waals surface area (Å²) in [7, 11) is 0.